The first-order valence-corrected chi connectivity index (χ1v) is 11.1. The van der Waals surface area contributed by atoms with Crippen LogP contribution < -0.4 is 20.9 Å². The Morgan fingerprint density at radius 1 is 1.24 bits per heavy atom. The highest BCUT2D eigenvalue weighted by molar-refractivity contribution is 6.36. The Morgan fingerprint density at radius 2 is 2.03 bits per heavy atom. The molecule has 1 saturated carbocycles. The van der Waals surface area contributed by atoms with Crippen LogP contribution in [0.3, 0.4) is 0 Å². The van der Waals surface area contributed by atoms with E-state index >= 15 is 0 Å². The molecule has 0 atom stereocenters. The zero-order chi connectivity index (χ0) is 24.0. The predicted octanol–water partition coefficient (Wildman–Crippen LogP) is 4.09. The maximum atomic E-state index is 12.7. The number of nitrogens with one attached hydrogen (secondary N) is 2. The van der Waals surface area contributed by atoms with Gasteiger partial charge in [-0.3, -0.25) is 9.59 Å². The summed E-state index contributed by atoms with van der Waals surface area (Å²) in [4.78, 5) is 36.9. The minimum Gasteiger partial charge on any atom is -0.454 e. The van der Waals surface area contributed by atoms with Crippen LogP contribution in [0.15, 0.2) is 41.6 Å². The van der Waals surface area contributed by atoms with Crippen LogP contribution in [0.2, 0.25) is 5.02 Å². The van der Waals surface area contributed by atoms with Gasteiger partial charge in [0.1, 0.15) is 27.8 Å². The van der Waals surface area contributed by atoms with Crippen molar-refractivity contribution in [1.29, 1.82) is 0 Å². The molecule has 174 valence electrons. The number of pyridine rings is 3. The Labute approximate surface area is 199 Å². The molecule has 0 aliphatic heterocycles. The van der Waals surface area contributed by atoms with E-state index in [1.807, 2.05) is 12.3 Å². The molecule has 10 nitrogen and oxygen atoms in total. The summed E-state index contributed by atoms with van der Waals surface area (Å²) >= 11 is 6.66. The largest absolute Gasteiger partial charge is 0.454 e. The molecule has 0 bridgehead atoms. The normalized spacial score (nSPS) is 13.2. The van der Waals surface area contributed by atoms with Gasteiger partial charge in [0, 0.05) is 39.5 Å². The molecule has 2 N–H and O–H groups in total. The molecular weight excluding hydrogens is 458 g/mol. The lowest BCUT2D eigenvalue weighted by molar-refractivity contribution is -0.114. The molecular formula is C23H22ClN7O3. The van der Waals surface area contributed by atoms with Crippen LogP contribution in [0.4, 0.5) is 17.5 Å². The molecule has 4 aromatic rings. The Balaban J connectivity index is 1.47. The molecule has 1 fully saturated rings. The number of hydrogen-bond donors (Lipinski definition) is 2. The van der Waals surface area contributed by atoms with Gasteiger partial charge in [-0.1, -0.05) is 11.6 Å². The third kappa shape index (κ3) is 4.19. The maximum Gasteiger partial charge on any atom is 0.274 e. The summed E-state index contributed by atoms with van der Waals surface area (Å²) in [5.41, 5.74) is 2.39. The number of anilines is 3. The summed E-state index contributed by atoms with van der Waals surface area (Å²) < 4.78 is 9.22. The van der Waals surface area contributed by atoms with E-state index < -0.39 is 0 Å². The highest BCUT2D eigenvalue weighted by atomic mass is 35.5. The van der Waals surface area contributed by atoms with Gasteiger partial charge in [-0.25, -0.2) is 9.97 Å². The van der Waals surface area contributed by atoms with E-state index in [0.717, 1.165) is 18.4 Å². The first-order chi connectivity index (χ1) is 16.3. The summed E-state index contributed by atoms with van der Waals surface area (Å²) in [5.74, 6) is 1.81. The van der Waals surface area contributed by atoms with Crippen LogP contribution >= 0.6 is 11.6 Å². The van der Waals surface area contributed by atoms with E-state index in [-0.39, 0.29) is 11.5 Å². The zero-order valence-corrected chi connectivity index (χ0v) is 19.6. The lowest BCUT2D eigenvalue weighted by atomic mass is 10.2. The number of aromatic nitrogens is 5. The molecule has 5 rings (SSSR count). The number of amides is 1. The summed E-state index contributed by atoms with van der Waals surface area (Å²) in [5, 5.41) is 6.06. The van der Waals surface area contributed by atoms with Crippen molar-refractivity contribution in [2.75, 3.05) is 10.6 Å². The molecule has 0 radical (unpaired) electrons. The molecule has 4 heterocycles. The number of carbonyl (C=O) groups is 1. The van der Waals surface area contributed by atoms with Gasteiger partial charge in [0.15, 0.2) is 11.4 Å². The summed E-state index contributed by atoms with van der Waals surface area (Å²) in [7, 11) is 3.53. The van der Waals surface area contributed by atoms with Gasteiger partial charge in [0.2, 0.25) is 11.9 Å². The number of hydrogen-bond acceptors (Lipinski definition) is 7. The highest BCUT2D eigenvalue weighted by Crippen LogP contribution is 2.40. The average molecular weight is 480 g/mol. The maximum absolute atomic E-state index is 12.7. The van der Waals surface area contributed by atoms with Crippen molar-refractivity contribution in [1.82, 2.24) is 24.1 Å². The number of halogens is 1. The number of nitrogens with zero attached hydrogens (tertiary/aromatic N) is 5. The van der Waals surface area contributed by atoms with E-state index in [2.05, 4.69) is 25.6 Å². The molecule has 34 heavy (non-hydrogen) atoms. The molecule has 1 aliphatic rings. The van der Waals surface area contributed by atoms with Crippen LogP contribution in [0.1, 0.15) is 31.2 Å². The molecule has 1 aliphatic carbocycles. The van der Waals surface area contributed by atoms with Crippen molar-refractivity contribution >= 4 is 46.1 Å². The first kappa shape index (κ1) is 21.9. The van der Waals surface area contributed by atoms with E-state index in [9.17, 15) is 9.59 Å². The smallest absolute Gasteiger partial charge is 0.274 e. The van der Waals surface area contributed by atoms with E-state index in [4.69, 9.17) is 16.3 Å². The van der Waals surface area contributed by atoms with Crippen LogP contribution in [-0.2, 0) is 18.9 Å². The summed E-state index contributed by atoms with van der Waals surface area (Å²) in [6.45, 7) is 1.40. The van der Waals surface area contributed by atoms with Gasteiger partial charge < -0.3 is 24.5 Å². The Bertz CT molecular complexity index is 1490. The standard InChI is InChI=1S/C23H22ClN7O3/c1-12(32)27-18-9-15(6-7-25-18)34-17-10-26-21-20(19(17)24)31(3)23(29-21)28-16-8-14(13-4-5-13)11-30(2)22(16)33/h6-11,13H,4-5H2,1-3H3,(H,25,27,32)(H,26,28,29). The first-order valence-electron chi connectivity index (χ1n) is 10.7. The van der Waals surface area contributed by atoms with Crippen molar-refractivity contribution in [3.8, 4) is 11.5 Å². The number of carbonyl (C=O) groups excluding carboxylic acids is 1. The number of fused-ring (bicyclic) bond motifs is 1. The second-order valence-electron chi connectivity index (χ2n) is 8.27. The van der Waals surface area contributed by atoms with Crippen LogP contribution in [0, 0.1) is 0 Å². The second kappa shape index (κ2) is 8.45. The third-order valence-electron chi connectivity index (χ3n) is 5.57. The number of ether oxygens (including phenoxy) is 1. The van der Waals surface area contributed by atoms with Gasteiger partial charge >= 0.3 is 0 Å². The second-order valence-corrected chi connectivity index (χ2v) is 8.64. The highest BCUT2D eigenvalue weighted by Gasteiger charge is 2.25. The van der Waals surface area contributed by atoms with E-state index in [0.29, 0.717) is 51.1 Å². The number of aryl methyl sites for hydroxylation is 2. The topological polar surface area (TPSA) is 116 Å². The molecule has 0 aromatic carbocycles. The van der Waals surface area contributed by atoms with Crippen molar-refractivity contribution in [3.05, 3.63) is 57.7 Å². The van der Waals surface area contributed by atoms with Gasteiger partial charge in [0.25, 0.3) is 5.56 Å². The number of rotatable bonds is 6. The predicted molar refractivity (Wildman–Crippen MR) is 129 cm³/mol. The summed E-state index contributed by atoms with van der Waals surface area (Å²) in [6, 6.07) is 5.12. The lowest BCUT2D eigenvalue weighted by Gasteiger charge is -2.11. The van der Waals surface area contributed by atoms with Gasteiger partial charge in [0.05, 0.1) is 6.20 Å². The molecule has 0 unspecified atom stereocenters. The monoisotopic (exact) mass is 479 g/mol. The molecule has 0 spiro atoms. The summed E-state index contributed by atoms with van der Waals surface area (Å²) in [6.07, 6.45) is 7.15. The lowest BCUT2D eigenvalue weighted by Crippen LogP contribution is -2.20. The quantitative estimate of drug-likeness (QED) is 0.428. The fourth-order valence-corrected chi connectivity index (χ4v) is 4.03. The minimum atomic E-state index is -0.238. The van der Waals surface area contributed by atoms with Crippen molar-refractivity contribution < 1.29 is 9.53 Å². The van der Waals surface area contributed by atoms with Gasteiger partial charge in [-0.05, 0) is 36.5 Å². The Morgan fingerprint density at radius 3 is 2.76 bits per heavy atom. The Hall–Kier alpha value is -3.92. The van der Waals surface area contributed by atoms with Gasteiger partial charge in [-0.15, -0.1) is 0 Å². The van der Waals surface area contributed by atoms with E-state index in [1.165, 1.54) is 19.3 Å². The van der Waals surface area contributed by atoms with Crippen molar-refractivity contribution in [2.45, 2.75) is 25.7 Å². The van der Waals surface area contributed by atoms with Gasteiger partial charge in [-0.2, -0.15) is 4.98 Å². The van der Waals surface area contributed by atoms with Crippen molar-refractivity contribution in [2.24, 2.45) is 14.1 Å². The average Bonchev–Trinajstić information content (AvgIpc) is 3.58. The SMILES string of the molecule is CC(=O)Nc1cc(Oc2cnc3nc(Nc4cc(C5CC5)cn(C)c4=O)n(C)c3c2Cl)ccn1. The fraction of sp³-hybridized carbons (Fsp3) is 0.261. The number of imidazole rings is 1. The zero-order valence-electron chi connectivity index (χ0n) is 18.8. The molecule has 0 saturated heterocycles. The third-order valence-corrected chi connectivity index (χ3v) is 5.93. The van der Waals surface area contributed by atoms with Crippen LogP contribution in [0.25, 0.3) is 11.2 Å². The van der Waals surface area contributed by atoms with Crippen LogP contribution in [0.5, 0.6) is 11.5 Å². The fourth-order valence-electron chi connectivity index (χ4n) is 3.73. The molecule has 1 amide bonds. The molecule has 4 aromatic heterocycles. The van der Waals surface area contributed by atoms with Crippen molar-refractivity contribution in [3.63, 3.8) is 0 Å². The minimum absolute atomic E-state index is 0.146. The Kier molecular flexibility index (Phi) is 5.45. The van der Waals surface area contributed by atoms with E-state index in [1.54, 1.807) is 35.4 Å². The molecule has 11 heteroatoms. The van der Waals surface area contributed by atoms with Crippen LogP contribution in [-0.4, -0.2) is 30.0 Å².